The van der Waals surface area contributed by atoms with Crippen LogP contribution in [0.25, 0.3) is 0 Å². The summed E-state index contributed by atoms with van der Waals surface area (Å²) in [5.41, 5.74) is 0.554. The number of aliphatic hydroxyl groups excluding tert-OH is 1. The smallest absolute Gasteiger partial charge is 0.349 e. The van der Waals surface area contributed by atoms with Crippen LogP contribution in [0.1, 0.15) is 13.2 Å². The fraction of sp³-hybridized carbons (Fsp3) is 0.400. The molecule has 1 aliphatic heterocycles. The van der Waals surface area contributed by atoms with Crippen molar-refractivity contribution in [1.29, 1.82) is 0 Å². The molecule has 1 aromatic heterocycles. The number of rotatable bonds is 2. The number of hydrogen-bond acceptors (Lipinski definition) is 4. The van der Waals surface area contributed by atoms with E-state index in [4.69, 9.17) is 9.84 Å². The van der Waals surface area contributed by atoms with Crippen molar-refractivity contribution >= 4 is 0 Å². The van der Waals surface area contributed by atoms with Crippen LogP contribution in [0.3, 0.4) is 0 Å². The highest BCUT2D eigenvalue weighted by molar-refractivity contribution is 5.12. The van der Waals surface area contributed by atoms with Crippen LogP contribution >= 0.6 is 0 Å². The number of aromatic nitrogens is 2. The normalized spacial score (nSPS) is 25.3. The predicted molar refractivity (Wildman–Crippen MR) is 53.2 cm³/mol. The van der Waals surface area contributed by atoms with E-state index in [-0.39, 0.29) is 18.4 Å². The summed E-state index contributed by atoms with van der Waals surface area (Å²) < 4.78 is 6.87. The summed E-state index contributed by atoms with van der Waals surface area (Å²) in [6, 6.07) is 1.67. The number of hydrogen-bond donors (Lipinski definition) is 1. The van der Waals surface area contributed by atoms with Crippen LogP contribution in [-0.4, -0.2) is 27.4 Å². The summed E-state index contributed by atoms with van der Waals surface area (Å²) in [4.78, 5) is 15.1. The van der Waals surface area contributed by atoms with Crippen molar-refractivity contribution in [2.45, 2.75) is 19.3 Å². The molecule has 0 radical (unpaired) electrons. The fourth-order valence-electron chi connectivity index (χ4n) is 1.62. The van der Waals surface area contributed by atoms with Gasteiger partial charge in [-0.25, -0.2) is 9.78 Å². The third-order valence-corrected chi connectivity index (χ3v) is 2.31. The Bertz CT molecular complexity index is 438. The van der Waals surface area contributed by atoms with Gasteiger partial charge in [-0.3, -0.25) is 4.57 Å². The Morgan fingerprint density at radius 3 is 3.07 bits per heavy atom. The molecule has 0 saturated carbocycles. The molecule has 5 nitrogen and oxygen atoms in total. The predicted octanol–water partition coefficient (Wildman–Crippen LogP) is 0.0793. The van der Waals surface area contributed by atoms with Crippen molar-refractivity contribution in [3.05, 3.63) is 40.6 Å². The summed E-state index contributed by atoms with van der Waals surface area (Å²) in [5, 5.41) is 8.95. The molecule has 0 saturated heterocycles. The van der Waals surface area contributed by atoms with E-state index in [9.17, 15) is 4.79 Å². The van der Waals surface area contributed by atoms with E-state index in [0.717, 1.165) is 5.57 Å². The topological polar surface area (TPSA) is 64.3 Å². The molecule has 0 spiro atoms. The average Bonchev–Trinajstić information content (AvgIpc) is 2.60. The third-order valence-electron chi connectivity index (χ3n) is 2.31. The molecule has 0 unspecified atom stereocenters. The van der Waals surface area contributed by atoms with E-state index in [1.54, 1.807) is 12.3 Å². The van der Waals surface area contributed by atoms with Gasteiger partial charge in [-0.05, 0) is 18.6 Å². The van der Waals surface area contributed by atoms with Gasteiger partial charge in [0.2, 0.25) is 0 Å². The van der Waals surface area contributed by atoms with Gasteiger partial charge >= 0.3 is 5.69 Å². The zero-order valence-corrected chi connectivity index (χ0v) is 8.33. The van der Waals surface area contributed by atoms with Gasteiger partial charge in [0, 0.05) is 12.4 Å². The Balaban J connectivity index is 2.31. The summed E-state index contributed by atoms with van der Waals surface area (Å²) in [7, 11) is 0. The zero-order valence-electron chi connectivity index (χ0n) is 8.33. The highest BCUT2D eigenvalue weighted by atomic mass is 16.5. The molecule has 2 rings (SSSR count). The second-order valence-electron chi connectivity index (χ2n) is 3.43. The molecule has 2 heterocycles. The Morgan fingerprint density at radius 2 is 2.47 bits per heavy atom. The van der Waals surface area contributed by atoms with Crippen LogP contribution in [0, 0.1) is 0 Å². The summed E-state index contributed by atoms with van der Waals surface area (Å²) in [5.74, 6) is 0. The van der Waals surface area contributed by atoms with Gasteiger partial charge in [0.05, 0.1) is 6.61 Å². The molecular weight excluding hydrogens is 196 g/mol. The summed E-state index contributed by atoms with van der Waals surface area (Å²) >= 11 is 0. The van der Waals surface area contributed by atoms with E-state index in [0.29, 0.717) is 0 Å². The molecule has 15 heavy (non-hydrogen) atoms. The first-order valence-electron chi connectivity index (χ1n) is 4.70. The maximum Gasteiger partial charge on any atom is 0.349 e. The van der Waals surface area contributed by atoms with Crippen molar-refractivity contribution in [1.82, 2.24) is 9.55 Å². The molecule has 0 bridgehead atoms. The molecule has 2 atom stereocenters. The molecule has 0 aliphatic carbocycles. The van der Waals surface area contributed by atoms with Crippen LogP contribution < -0.4 is 5.69 Å². The molecule has 0 amide bonds. The van der Waals surface area contributed by atoms with Gasteiger partial charge in [0.15, 0.2) is 6.23 Å². The summed E-state index contributed by atoms with van der Waals surface area (Å²) in [6.07, 6.45) is 4.10. The number of nitrogens with zero attached hydrogens (tertiary/aromatic N) is 2. The van der Waals surface area contributed by atoms with Gasteiger partial charge in [0.25, 0.3) is 0 Å². The van der Waals surface area contributed by atoms with Crippen LogP contribution in [0.5, 0.6) is 0 Å². The van der Waals surface area contributed by atoms with Gasteiger partial charge in [-0.1, -0.05) is 6.08 Å². The average molecular weight is 208 g/mol. The lowest BCUT2D eigenvalue weighted by molar-refractivity contribution is -0.0143. The lowest BCUT2D eigenvalue weighted by Crippen LogP contribution is -2.28. The Morgan fingerprint density at radius 1 is 1.67 bits per heavy atom. The maximum atomic E-state index is 11.4. The van der Waals surface area contributed by atoms with Crippen LogP contribution in [-0.2, 0) is 4.74 Å². The molecule has 1 aliphatic rings. The van der Waals surface area contributed by atoms with Gasteiger partial charge in [0.1, 0.15) is 6.10 Å². The van der Waals surface area contributed by atoms with E-state index < -0.39 is 6.23 Å². The number of ether oxygens (including phenoxy) is 1. The third kappa shape index (κ3) is 1.84. The summed E-state index contributed by atoms with van der Waals surface area (Å²) in [6.45, 7) is 1.78. The maximum absolute atomic E-state index is 11.4. The molecule has 0 aromatic carbocycles. The number of aliphatic hydroxyl groups is 1. The lowest BCUT2D eigenvalue weighted by Gasteiger charge is -2.16. The highest BCUT2D eigenvalue weighted by Crippen LogP contribution is 2.26. The monoisotopic (exact) mass is 208 g/mol. The van der Waals surface area contributed by atoms with Crippen molar-refractivity contribution < 1.29 is 9.84 Å². The minimum absolute atomic E-state index is 0.0805. The standard InChI is InChI=1S/C10H12N2O3/c1-7-5-8(6-13)15-9(7)12-4-2-3-11-10(12)14/h2-5,8-9,13H,6H2,1H3/t8-,9+/m0/s1. The first kappa shape index (κ1) is 10.1. The van der Waals surface area contributed by atoms with E-state index in [1.165, 1.54) is 10.8 Å². The van der Waals surface area contributed by atoms with Crippen molar-refractivity contribution in [2.75, 3.05) is 6.61 Å². The molecule has 0 fully saturated rings. The first-order valence-corrected chi connectivity index (χ1v) is 4.70. The molecular formula is C10H12N2O3. The van der Waals surface area contributed by atoms with Crippen molar-refractivity contribution in [2.24, 2.45) is 0 Å². The van der Waals surface area contributed by atoms with Crippen LogP contribution in [0.4, 0.5) is 0 Å². The van der Waals surface area contributed by atoms with Crippen LogP contribution in [0.2, 0.25) is 0 Å². The second-order valence-corrected chi connectivity index (χ2v) is 3.43. The molecule has 1 aromatic rings. The van der Waals surface area contributed by atoms with E-state index in [2.05, 4.69) is 4.98 Å². The van der Waals surface area contributed by atoms with Crippen molar-refractivity contribution in [3.63, 3.8) is 0 Å². The molecule has 5 heteroatoms. The Labute approximate surface area is 86.6 Å². The van der Waals surface area contributed by atoms with Crippen molar-refractivity contribution in [3.8, 4) is 0 Å². The quantitative estimate of drug-likeness (QED) is 0.699. The zero-order chi connectivity index (χ0) is 10.8. The first-order chi connectivity index (χ1) is 7.22. The molecule has 80 valence electrons. The molecule has 1 N–H and O–H groups in total. The fourth-order valence-corrected chi connectivity index (χ4v) is 1.62. The highest BCUT2D eigenvalue weighted by Gasteiger charge is 2.25. The van der Waals surface area contributed by atoms with Crippen LogP contribution in [0.15, 0.2) is 34.9 Å². The van der Waals surface area contributed by atoms with E-state index in [1.807, 2.05) is 13.0 Å². The van der Waals surface area contributed by atoms with Gasteiger partial charge in [-0.2, -0.15) is 0 Å². The van der Waals surface area contributed by atoms with E-state index >= 15 is 0 Å². The second kappa shape index (κ2) is 3.96. The lowest BCUT2D eigenvalue weighted by atomic mass is 10.2. The minimum atomic E-state index is -0.441. The van der Waals surface area contributed by atoms with Gasteiger partial charge < -0.3 is 9.84 Å². The Hall–Kier alpha value is -1.46. The van der Waals surface area contributed by atoms with Gasteiger partial charge in [-0.15, -0.1) is 0 Å². The minimum Gasteiger partial charge on any atom is -0.393 e. The SMILES string of the molecule is CC1=C[C@@H](CO)O[C@H]1n1cccnc1=O. The Kier molecular flexibility index (Phi) is 2.66. The largest absolute Gasteiger partial charge is 0.393 e.